The van der Waals surface area contributed by atoms with Gasteiger partial charge < -0.3 is 10.2 Å². The predicted octanol–water partition coefficient (Wildman–Crippen LogP) is 2.15. The standard InChI is InChI=1S/C13H22N2O/c1-10-4-7-12(16-10)8-15(3)13(2,9-14)11-5-6-11/h4,7,11H,5-6,8-9,14H2,1-3H3. The van der Waals surface area contributed by atoms with Gasteiger partial charge in [-0.2, -0.15) is 0 Å². The Morgan fingerprint density at radius 3 is 2.62 bits per heavy atom. The number of rotatable bonds is 5. The van der Waals surface area contributed by atoms with E-state index in [-0.39, 0.29) is 5.54 Å². The number of hydrogen-bond acceptors (Lipinski definition) is 3. The van der Waals surface area contributed by atoms with Gasteiger partial charge >= 0.3 is 0 Å². The summed E-state index contributed by atoms with van der Waals surface area (Å²) in [6.45, 7) is 5.80. The molecule has 1 heterocycles. The lowest BCUT2D eigenvalue weighted by atomic mass is 9.94. The minimum atomic E-state index is 0.126. The Morgan fingerprint density at radius 1 is 1.50 bits per heavy atom. The van der Waals surface area contributed by atoms with Crippen LogP contribution in [0.4, 0.5) is 0 Å². The topological polar surface area (TPSA) is 42.4 Å². The maximum absolute atomic E-state index is 5.94. The van der Waals surface area contributed by atoms with Gasteiger partial charge in [-0.15, -0.1) is 0 Å². The molecule has 1 fully saturated rings. The minimum absolute atomic E-state index is 0.126. The lowest BCUT2D eigenvalue weighted by Gasteiger charge is -2.38. The smallest absolute Gasteiger partial charge is 0.118 e. The summed E-state index contributed by atoms with van der Waals surface area (Å²) in [5, 5.41) is 0. The molecule has 3 heteroatoms. The second-order valence-corrected chi connectivity index (χ2v) is 5.20. The molecule has 1 atom stereocenters. The van der Waals surface area contributed by atoms with Crippen LogP contribution < -0.4 is 5.73 Å². The molecule has 2 N–H and O–H groups in total. The summed E-state index contributed by atoms with van der Waals surface area (Å²) in [5.74, 6) is 2.77. The van der Waals surface area contributed by atoms with Crippen molar-refractivity contribution in [3.05, 3.63) is 23.7 Å². The Hall–Kier alpha value is -0.800. The molecule has 0 bridgehead atoms. The first-order valence-corrected chi connectivity index (χ1v) is 6.03. The fourth-order valence-electron chi connectivity index (χ4n) is 2.32. The molecule has 0 aliphatic heterocycles. The van der Waals surface area contributed by atoms with Gasteiger partial charge in [0, 0.05) is 12.1 Å². The zero-order valence-corrected chi connectivity index (χ0v) is 10.5. The predicted molar refractivity (Wildman–Crippen MR) is 65.1 cm³/mol. The summed E-state index contributed by atoms with van der Waals surface area (Å²) in [7, 11) is 2.14. The Labute approximate surface area is 97.6 Å². The highest BCUT2D eigenvalue weighted by Crippen LogP contribution is 2.42. The van der Waals surface area contributed by atoms with E-state index in [4.69, 9.17) is 10.2 Å². The summed E-state index contributed by atoms with van der Waals surface area (Å²) in [6, 6.07) is 4.07. The number of likely N-dealkylation sites (N-methyl/N-ethyl adjacent to an activating group) is 1. The highest BCUT2D eigenvalue weighted by molar-refractivity contribution is 5.07. The van der Waals surface area contributed by atoms with Crippen molar-refractivity contribution >= 4 is 0 Å². The van der Waals surface area contributed by atoms with Crippen molar-refractivity contribution in [1.29, 1.82) is 0 Å². The van der Waals surface area contributed by atoms with Gasteiger partial charge in [-0.05, 0) is 51.8 Å². The molecular weight excluding hydrogens is 200 g/mol. The zero-order chi connectivity index (χ0) is 11.8. The molecule has 3 nitrogen and oxygen atoms in total. The van der Waals surface area contributed by atoms with Gasteiger partial charge in [0.15, 0.2) is 0 Å². The molecule has 0 saturated heterocycles. The molecule has 1 aromatic heterocycles. The zero-order valence-electron chi connectivity index (χ0n) is 10.5. The molecule has 0 spiro atoms. The van der Waals surface area contributed by atoms with Gasteiger partial charge in [0.1, 0.15) is 11.5 Å². The molecule has 16 heavy (non-hydrogen) atoms. The monoisotopic (exact) mass is 222 g/mol. The molecule has 1 aromatic rings. The highest BCUT2D eigenvalue weighted by Gasteiger charge is 2.43. The average Bonchev–Trinajstić information content (AvgIpc) is 3.03. The normalized spacial score (nSPS) is 20.1. The van der Waals surface area contributed by atoms with Crippen LogP contribution in [0.3, 0.4) is 0 Å². The van der Waals surface area contributed by atoms with Gasteiger partial charge in [0.05, 0.1) is 6.54 Å². The molecular formula is C13H22N2O. The molecule has 0 radical (unpaired) electrons. The van der Waals surface area contributed by atoms with Crippen molar-refractivity contribution in [3.8, 4) is 0 Å². The molecule has 0 aromatic carbocycles. The number of hydrogen-bond donors (Lipinski definition) is 1. The Morgan fingerprint density at radius 2 is 2.19 bits per heavy atom. The fourth-order valence-corrected chi connectivity index (χ4v) is 2.32. The molecule has 2 rings (SSSR count). The summed E-state index contributed by atoms with van der Waals surface area (Å²) in [5.41, 5.74) is 6.06. The minimum Gasteiger partial charge on any atom is -0.465 e. The third-order valence-corrected chi connectivity index (χ3v) is 3.93. The van der Waals surface area contributed by atoms with Crippen molar-refractivity contribution in [2.75, 3.05) is 13.6 Å². The summed E-state index contributed by atoms with van der Waals surface area (Å²) in [4.78, 5) is 2.34. The van der Waals surface area contributed by atoms with E-state index < -0.39 is 0 Å². The molecule has 1 unspecified atom stereocenters. The van der Waals surface area contributed by atoms with Gasteiger partial charge in [-0.3, -0.25) is 4.90 Å². The second kappa shape index (κ2) is 4.22. The largest absolute Gasteiger partial charge is 0.465 e. The van der Waals surface area contributed by atoms with Crippen LogP contribution in [0, 0.1) is 12.8 Å². The van der Waals surface area contributed by atoms with Crippen LogP contribution in [0.15, 0.2) is 16.5 Å². The van der Waals surface area contributed by atoms with Crippen LogP contribution in [-0.4, -0.2) is 24.0 Å². The van der Waals surface area contributed by atoms with Crippen molar-refractivity contribution in [2.24, 2.45) is 11.7 Å². The van der Waals surface area contributed by atoms with Gasteiger partial charge in [0.25, 0.3) is 0 Å². The van der Waals surface area contributed by atoms with E-state index in [1.54, 1.807) is 0 Å². The van der Waals surface area contributed by atoms with Crippen LogP contribution in [0.25, 0.3) is 0 Å². The molecule has 1 aliphatic rings. The summed E-state index contributed by atoms with van der Waals surface area (Å²) >= 11 is 0. The Balaban J connectivity index is 2.03. The third-order valence-electron chi connectivity index (χ3n) is 3.93. The molecule has 0 amide bonds. The molecule has 1 aliphatic carbocycles. The second-order valence-electron chi connectivity index (χ2n) is 5.20. The van der Waals surface area contributed by atoms with Gasteiger partial charge in [-0.1, -0.05) is 0 Å². The number of aryl methyl sites for hydroxylation is 1. The average molecular weight is 222 g/mol. The van der Waals surface area contributed by atoms with Crippen LogP contribution >= 0.6 is 0 Å². The first kappa shape index (κ1) is 11.7. The van der Waals surface area contributed by atoms with E-state index in [9.17, 15) is 0 Å². The maximum atomic E-state index is 5.94. The van der Waals surface area contributed by atoms with E-state index in [2.05, 4.69) is 24.9 Å². The molecule has 1 saturated carbocycles. The Kier molecular flexibility index (Phi) is 3.08. The lowest BCUT2D eigenvalue weighted by Crippen LogP contribution is -2.51. The van der Waals surface area contributed by atoms with Gasteiger partial charge in [-0.25, -0.2) is 0 Å². The van der Waals surface area contributed by atoms with E-state index in [0.29, 0.717) is 6.54 Å². The van der Waals surface area contributed by atoms with E-state index >= 15 is 0 Å². The van der Waals surface area contributed by atoms with Crippen molar-refractivity contribution in [2.45, 2.75) is 38.8 Å². The van der Waals surface area contributed by atoms with Gasteiger partial charge in [0.2, 0.25) is 0 Å². The highest BCUT2D eigenvalue weighted by atomic mass is 16.3. The van der Waals surface area contributed by atoms with Crippen molar-refractivity contribution in [3.63, 3.8) is 0 Å². The maximum Gasteiger partial charge on any atom is 0.118 e. The number of nitrogens with two attached hydrogens (primary N) is 1. The first-order valence-electron chi connectivity index (χ1n) is 6.03. The Bertz CT molecular complexity index is 357. The summed E-state index contributed by atoms with van der Waals surface area (Å²) in [6.07, 6.45) is 2.63. The van der Waals surface area contributed by atoms with Crippen molar-refractivity contribution in [1.82, 2.24) is 4.90 Å². The van der Waals surface area contributed by atoms with E-state index in [0.717, 1.165) is 24.0 Å². The van der Waals surface area contributed by atoms with Crippen LogP contribution in [0.1, 0.15) is 31.3 Å². The van der Waals surface area contributed by atoms with Crippen molar-refractivity contribution < 1.29 is 4.42 Å². The quantitative estimate of drug-likeness (QED) is 0.830. The fraction of sp³-hybridized carbons (Fsp3) is 0.692. The lowest BCUT2D eigenvalue weighted by molar-refractivity contribution is 0.104. The molecule has 90 valence electrons. The number of nitrogens with zero attached hydrogens (tertiary/aromatic N) is 1. The third kappa shape index (κ3) is 2.15. The van der Waals surface area contributed by atoms with E-state index in [1.807, 2.05) is 13.0 Å². The van der Waals surface area contributed by atoms with Crippen LogP contribution in [-0.2, 0) is 6.54 Å². The van der Waals surface area contributed by atoms with Crippen LogP contribution in [0.2, 0.25) is 0 Å². The van der Waals surface area contributed by atoms with E-state index in [1.165, 1.54) is 12.8 Å². The number of furan rings is 1. The van der Waals surface area contributed by atoms with Crippen LogP contribution in [0.5, 0.6) is 0 Å². The summed E-state index contributed by atoms with van der Waals surface area (Å²) < 4.78 is 5.61. The SMILES string of the molecule is Cc1ccc(CN(C)C(C)(CN)C2CC2)o1. The first-order chi connectivity index (χ1) is 7.56.